The summed E-state index contributed by atoms with van der Waals surface area (Å²) in [5, 5.41) is 4.76. The fourth-order valence-corrected chi connectivity index (χ4v) is 4.48. The molecule has 0 bridgehead atoms. The first kappa shape index (κ1) is 21.8. The first-order valence-corrected chi connectivity index (χ1v) is 11.6. The third kappa shape index (κ3) is 4.55. The Hall–Kier alpha value is -3.06. The maximum Gasteiger partial charge on any atom is 0.295 e. The number of hydrogen-bond acceptors (Lipinski definition) is 4. The SMILES string of the molecule is C[N+]1(NC(=O)c2ccc(Cl)cc2)CCN(C2=Nc3cc(Cl)ccc3Nc3ccccc32)CC1. The molecular formula is C25H24Cl2N5O+. The summed E-state index contributed by atoms with van der Waals surface area (Å²) in [6.45, 7) is 2.99. The van der Waals surface area contributed by atoms with Crippen LogP contribution >= 0.6 is 23.2 Å². The number of piperazine rings is 1. The zero-order chi connectivity index (χ0) is 23.0. The van der Waals surface area contributed by atoms with Crippen molar-refractivity contribution in [3.05, 3.63) is 87.9 Å². The van der Waals surface area contributed by atoms with Crippen LogP contribution in [0.1, 0.15) is 15.9 Å². The summed E-state index contributed by atoms with van der Waals surface area (Å²) in [7, 11) is 2.05. The van der Waals surface area contributed by atoms with E-state index in [0.29, 0.717) is 20.2 Å². The molecule has 6 nitrogen and oxygen atoms in total. The molecule has 0 unspecified atom stereocenters. The first-order valence-electron chi connectivity index (χ1n) is 10.8. The number of amidine groups is 1. The van der Waals surface area contributed by atoms with Gasteiger partial charge in [-0.1, -0.05) is 35.3 Å². The Morgan fingerprint density at radius 1 is 0.970 bits per heavy atom. The summed E-state index contributed by atoms with van der Waals surface area (Å²) < 4.78 is 0.452. The van der Waals surface area contributed by atoms with Gasteiger partial charge < -0.3 is 10.2 Å². The Kier molecular flexibility index (Phi) is 5.74. The number of carbonyl (C=O) groups excluding carboxylic acids is 1. The number of aliphatic imine (C=N–C) groups is 1. The molecule has 168 valence electrons. The van der Waals surface area contributed by atoms with Gasteiger partial charge >= 0.3 is 0 Å². The monoisotopic (exact) mass is 480 g/mol. The number of anilines is 2. The van der Waals surface area contributed by atoms with E-state index in [1.807, 2.05) is 37.4 Å². The molecule has 0 aromatic heterocycles. The van der Waals surface area contributed by atoms with Gasteiger partial charge in [0.2, 0.25) is 0 Å². The van der Waals surface area contributed by atoms with Crippen LogP contribution in [0.5, 0.6) is 0 Å². The molecule has 0 atom stereocenters. The number of nitrogens with one attached hydrogen (secondary N) is 2. The van der Waals surface area contributed by atoms with Gasteiger partial charge in [0.15, 0.2) is 0 Å². The lowest BCUT2D eigenvalue weighted by Crippen LogP contribution is -2.65. The summed E-state index contributed by atoms with van der Waals surface area (Å²) in [5.41, 5.74) is 7.56. The van der Waals surface area contributed by atoms with Crippen molar-refractivity contribution in [1.82, 2.24) is 10.3 Å². The Labute approximate surface area is 203 Å². The summed E-state index contributed by atoms with van der Waals surface area (Å²) >= 11 is 12.2. The van der Waals surface area contributed by atoms with Crippen LogP contribution in [0.2, 0.25) is 10.0 Å². The van der Waals surface area contributed by atoms with Gasteiger partial charge in [-0.25, -0.2) is 9.58 Å². The average molecular weight is 481 g/mol. The molecule has 1 saturated heterocycles. The van der Waals surface area contributed by atoms with Crippen LogP contribution in [0.25, 0.3) is 0 Å². The molecular weight excluding hydrogens is 457 g/mol. The molecule has 2 heterocycles. The predicted molar refractivity (Wildman–Crippen MR) is 134 cm³/mol. The van der Waals surface area contributed by atoms with Crippen molar-refractivity contribution in [2.45, 2.75) is 0 Å². The number of carbonyl (C=O) groups is 1. The molecule has 3 aromatic rings. The van der Waals surface area contributed by atoms with Gasteiger partial charge in [-0.3, -0.25) is 4.79 Å². The highest BCUT2D eigenvalue weighted by Gasteiger charge is 2.34. The first-order chi connectivity index (χ1) is 15.9. The minimum Gasteiger partial charge on any atom is -0.353 e. The average Bonchev–Trinajstić information content (AvgIpc) is 2.96. The fraction of sp³-hybridized carbons (Fsp3) is 0.200. The van der Waals surface area contributed by atoms with Gasteiger partial charge in [-0.15, -0.1) is 0 Å². The minimum atomic E-state index is -0.104. The van der Waals surface area contributed by atoms with Crippen molar-refractivity contribution in [2.24, 2.45) is 4.99 Å². The summed E-state index contributed by atoms with van der Waals surface area (Å²) in [6, 6.07) is 20.8. The van der Waals surface area contributed by atoms with Crippen LogP contribution in [0, 0.1) is 0 Å². The zero-order valence-electron chi connectivity index (χ0n) is 18.2. The lowest BCUT2D eigenvalue weighted by atomic mass is 10.1. The normalized spacial score (nSPS) is 16.6. The Morgan fingerprint density at radius 3 is 2.42 bits per heavy atom. The number of fused-ring (bicyclic) bond motifs is 2. The number of para-hydroxylation sites is 1. The predicted octanol–water partition coefficient (Wildman–Crippen LogP) is 5.24. The van der Waals surface area contributed by atoms with E-state index in [2.05, 4.69) is 27.8 Å². The zero-order valence-corrected chi connectivity index (χ0v) is 19.7. The fourth-order valence-electron chi connectivity index (χ4n) is 4.19. The summed E-state index contributed by atoms with van der Waals surface area (Å²) in [6.07, 6.45) is 0. The Balaban J connectivity index is 1.37. The molecule has 8 heteroatoms. The molecule has 0 radical (unpaired) electrons. The van der Waals surface area contributed by atoms with Gasteiger partial charge in [0.05, 0.1) is 31.5 Å². The number of quaternary nitrogens is 1. The van der Waals surface area contributed by atoms with Crippen LogP contribution in [0.3, 0.4) is 0 Å². The molecule has 2 N–H and O–H groups in total. The number of amides is 1. The standard InChI is InChI=1S/C25H23Cl2N5O/c1-32(30-25(33)17-6-8-18(26)9-7-17)14-12-31(13-15-32)24-20-4-2-3-5-21(20)28-22-11-10-19(27)16-23(22)29-24/h2-11,16H,12-15H2,1H3,(H-,28,29,30,33)/p+1. The van der Waals surface area contributed by atoms with E-state index >= 15 is 0 Å². The lowest BCUT2D eigenvalue weighted by molar-refractivity contribution is -0.946. The van der Waals surface area contributed by atoms with E-state index in [1.54, 1.807) is 24.3 Å². The summed E-state index contributed by atoms with van der Waals surface area (Å²) in [4.78, 5) is 20.1. The second-order valence-corrected chi connectivity index (χ2v) is 9.42. The third-order valence-electron chi connectivity index (χ3n) is 6.13. The van der Waals surface area contributed by atoms with Crippen LogP contribution in [-0.4, -0.2) is 54.5 Å². The van der Waals surface area contributed by atoms with Gasteiger partial charge in [0.1, 0.15) is 18.9 Å². The second kappa shape index (κ2) is 8.71. The molecule has 33 heavy (non-hydrogen) atoms. The maximum absolute atomic E-state index is 12.8. The second-order valence-electron chi connectivity index (χ2n) is 8.55. The Morgan fingerprint density at radius 2 is 1.67 bits per heavy atom. The number of rotatable bonds is 2. The van der Waals surface area contributed by atoms with Crippen LogP contribution in [0.15, 0.2) is 71.7 Å². The van der Waals surface area contributed by atoms with Gasteiger partial charge in [0.25, 0.3) is 5.91 Å². The third-order valence-corrected chi connectivity index (χ3v) is 6.61. The summed E-state index contributed by atoms with van der Waals surface area (Å²) in [5.74, 6) is 0.807. The van der Waals surface area contributed by atoms with Crippen molar-refractivity contribution < 1.29 is 9.39 Å². The van der Waals surface area contributed by atoms with Gasteiger partial charge in [-0.2, -0.15) is 5.43 Å². The number of nitrogens with zero attached hydrogens (tertiary/aromatic N) is 3. The van der Waals surface area contributed by atoms with Gasteiger partial charge in [0, 0.05) is 26.9 Å². The van der Waals surface area contributed by atoms with E-state index in [4.69, 9.17) is 28.2 Å². The van der Waals surface area contributed by atoms with Crippen LogP contribution < -0.4 is 10.7 Å². The van der Waals surface area contributed by atoms with Crippen molar-refractivity contribution in [2.75, 3.05) is 38.5 Å². The molecule has 0 saturated carbocycles. The molecule has 2 aliphatic heterocycles. The van der Waals surface area contributed by atoms with Crippen LogP contribution in [0.4, 0.5) is 17.1 Å². The molecule has 2 aliphatic rings. The topological polar surface area (TPSA) is 56.7 Å². The Bertz CT molecular complexity index is 1230. The lowest BCUT2D eigenvalue weighted by Gasteiger charge is -2.42. The highest BCUT2D eigenvalue weighted by Crippen LogP contribution is 2.36. The largest absolute Gasteiger partial charge is 0.353 e. The van der Waals surface area contributed by atoms with Crippen LogP contribution in [-0.2, 0) is 0 Å². The molecule has 5 rings (SSSR count). The van der Waals surface area contributed by atoms with E-state index in [0.717, 1.165) is 54.6 Å². The van der Waals surface area contributed by atoms with Crippen molar-refractivity contribution >= 4 is 52.0 Å². The molecule has 0 aliphatic carbocycles. The number of hydrogen-bond donors (Lipinski definition) is 2. The van der Waals surface area contributed by atoms with E-state index in [9.17, 15) is 4.79 Å². The number of likely N-dealkylation sites (N-methyl/N-ethyl adjacent to an activating group) is 1. The van der Waals surface area contributed by atoms with E-state index in [1.165, 1.54) is 0 Å². The smallest absolute Gasteiger partial charge is 0.295 e. The molecule has 3 aromatic carbocycles. The molecule has 1 amide bonds. The highest BCUT2D eigenvalue weighted by atomic mass is 35.5. The van der Waals surface area contributed by atoms with Gasteiger partial charge in [-0.05, 0) is 54.6 Å². The molecule has 1 fully saturated rings. The quantitative estimate of drug-likeness (QED) is 0.493. The van der Waals surface area contributed by atoms with E-state index < -0.39 is 0 Å². The molecule has 0 spiro atoms. The van der Waals surface area contributed by atoms with Crippen molar-refractivity contribution in [3.63, 3.8) is 0 Å². The minimum absolute atomic E-state index is 0.104. The number of halogens is 2. The van der Waals surface area contributed by atoms with E-state index in [-0.39, 0.29) is 5.91 Å². The number of benzene rings is 3. The van der Waals surface area contributed by atoms with Crippen molar-refractivity contribution in [3.8, 4) is 0 Å². The highest BCUT2D eigenvalue weighted by molar-refractivity contribution is 6.31. The van der Waals surface area contributed by atoms with Crippen molar-refractivity contribution in [1.29, 1.82) is 0 Å². The maximum atomic E-state index is 12.8.